The van der Waals surface area contributed by atoms with Crippen molar-refractivity contribution in [2.24, 2.45) is 0 Å². The Morgan fingerprint density at radius 1 is 1.47 bits per heavy atom. The molecule has 0 saturated heterocycles. The van der Waals surface area contributed by atoms with E-state index in [1.807, 2.05) is 12.1 Å². The van der Waals surface area contributed by atoms with Crippen LogP contribution in [0.15, 0.2) is 18.2 Å². The summed E-state index contributed by atoms with van der Waals surface area (Å²) in [5, 5.41) is 18.4. The maximum absolute atomic E-state index is 9.28. The molecule has 0 heterocycles. The SMILES string of the molecule is CCC(C)N(CCOC)c1ccc(CO)cc1C#N. The molecule has 1 unspecified atom stereocenters. The predicted molar refractivity (Wildman–Crippen MR) is 76.1 cm³/mol. The van der Waals surface area contributed by atoms with Crippen molar-refractivity contribution in [3.05, 3.63) is 29.3 Å². The Morgan fingerprint density at radius 2 is 2.21 bits per heavy atom. The van der Waals surface area contributed by atoms with Crippen LogP contribution >= 0.6 is 0 Å². The van der Waals surface area contributed by atoms with Crippen LogP contribution in [0.25, 0.3) is 0 Å². The molecule has 0 amide bonds. The van der Waals surface area contributed by atoms with Crippen LogP contribution in [-0.4, -0.2) is 31.4 Å². The van der Waals surface area contributed by atoms with Crippen LogP contribution < -0.4 is 4.90 Å². The third-order valence-electron chi connectivity index (χ3n) is 3.33. The summed E-state index contributed by atoms with van der Waals surface area (Å²) in [7, 11) is 1.68. The quantitative estimate of drug-likeness (QED) is 0.819. The minimum absolute atomic E-state index is 0.0453. The highest BCUT2D eigenvalue weighted by Crippen LogP contribution is 2.24. The van der Waals surface area contributed by atoms with Crippen LogP contribution in [0, 0.1) is 11.3 Å². The molecule has 1 N–H and O–H groups in total. The van der Waals surface area contributed by atoms with Crippen molar-refractivity contribution in [1.82, 2.24) is 0 Å². The first-order chi connectivity index (χ1) is 9.17. The molecule has 0 saturated carbocycles. The second kappa shape index (κ2) is 7.78. The summed E-state index contributed by atoms with van der Waals surface area (Å²) in [6, 6.07) is 8.06. The van der Waals surface area contributed by atoms with E-state index in [0.29, 0.717) is 18.2 Å². The fraction of sp³-hybridized carbons (Fsp3) is 0.533. The van der Waals surface area contributed by atoms with Gasteiger partial charge in [0.1, 0.15) is 6.07 Å². The van der Waals surface area contributed by atoms with Gasteiger partial charge < -0.3 is 14.7 Å². The van der Waals surface area contributed by atoms with E-state index >= 15 is 0 Å². The molecule has 1 aromatic carbocycles. The van der Waals surface area contributed by atoms with E-state index in [-0.39, 0.29) is 6.61 Å². The fourth-order valence-electron chi connectivity index (χ4n) is 2.01. The second-order valence-corrected chi connectivity index (χ2v) is 4.56. The van der Waals surface area contributed by atoms with E-state index < -0.39 is 0 Å². The molecule has 0 fully saturated rings. The molecular weight excluding hydrogens is 240 g/mol. The lowest BCUT2D eigenvalue weighted by atomic mass is 10.1. The number of aliphatic hydroxyl groups is 1. The highest BCUT2D eigenvalue weighted by molar-refractivity contribution is 5.61. The van der Waals surface area contributed by atoms with Crippen LogP contribution in [0.3, 0.4) is 0 Å². The molecule has 4 nitrogen and oxygen atoms in total. The number of nitrogens with zero attached hydrogens (tertiary/aromatic N) is 2. The van der Waals surface area contributed by atoms with Gasteiger partial charge in [-0.2, -0.15) is 5.26 Å². The van der Waals surface area contributed by atoms with Crippen LogP contribution in [0.5, 0.6) is 0 Å². The number of nitriles is 1. The van der Waals surface area contributed by atoms with Gasteiger partial charge in [-0.3, -0.25) is 0 Å². The summed E-state index contributed by atoms with van der Waals surface area (Å²) in [6.07, 6.45) is 0.996. The number of methoxy groups -OCH3 is 1. The zero-order valence-corrected chi connectivity index (χ0v) is 11.9. The van der Waals surface area contributed by atoms with Gasteiger partial charge in [0.05, 0.1) is 24.5 Å². The Morgan fingerprint density at radius 3 is 2.74 bits per heavy atom. The molecule has 104 valence electrons. The predicted octanol–water partition coefficient (Wildman–Crippen LogP) is 2.30. The lowest BCUT2D eigenvalue weighted by molar-refractivity contribution is 0.203. The van der Waals surface area contributed by atoms with E-state index in [1.54, 1.807) is 13.2 Å². The molecule has 4 heteroatoms. The summed E-state index contributed by atoms with van der Waals surface area (Å²) >= 11 is 0. The van der Waals surface area contributed by atoms with E-state index in [2.05, 4.69) is 24.8 Å². The number of anilines is 1. The molecule has 0 spiro atoms. The van der Waals surface area contributed by atoms with E-state index in [9.17, 15) is 5.26 Å². The van der Waals surface area contributed by atoms with Gasteiger partial charge in [0, 0.05) is 19.7 Å². The topological polar surface area (TPSA) is 56.5 Å². The van der Waals surface area contributed by atoms with Crippen molar-refractivity contribution < 1.29 is 9.84 Å². The van der Waals surface area contributed by atoms with Crippen LogP contribution in [-0.2, 0) is 11.3 Å². The van der Waals surface area contributed by atoms with Crippen molar-refractivity contribution in [2.45, 2.75) is 32.9 Å². The normalized spacial score (nSPS) is 11.9. The lowest BCUT2D eigenvalue weighted by Crippen LogP contribution is -2.36. The van der Waals surface area contributed by atoms with Gasteiger partial charge in [0.2, 0.25) is 0 Å². The van der Waals surface area contributed by atoms with Gasteiger partial charge in [0.15, 0.2) is 0 Å². The molecular formula is C15H22N2O2. The Kier molecular flexibility index (Phi) is 6.34. The third-order valence-corrected chi connectivity index (χ3v) is 3.33. The van der Waals surface area contributed by atoms with Gasteiger partial charge in [0.25, 0.3) is 0 Å². The number of hydrogen-bond donors (Lipinski definition) is 1. The number of benzene rings is 1. The smallest absolute Gasteiger partial charge is 0.101 e. The first kappa shape index (κ1) is 15.5. The van der Waals surface area contributed by atoms with Crippen LogP contribution in [0.1, 0.15) is 31.4 Å². The summed E-state index contributed by atoms with van der Waals surface area (Å²) in [5.74, 6) is 0. The summed E-state index contributed by atoms with van der Waals surface area (Å²) in [5.41, 5.74) is 2.27. The summed E-state index contributed by atoms with van der Waals surface area (Å²) < 4.78 is 5.14. The van der Waals surface area contributed by atoms with Gasteiger partial charge in [-0.25, -0.2) is 0 Å². The monoisotopic (exact) mass is 262 g/mol. The maximum Gasteiger partial charge on any atom is 0.101 e. The number of rotatable bonds is 7. The maximum atomic E-state index is 9.28. The summed E-state index contributed by atoms with van der Waals surface area (Å²) in [6.45, 7) is 5.58. The van der Waals surface area contributed by atoms with Crippen LogP contribution in [0.2, 0.25) is 0 Å². The lowest BCUT2D eigenvalue weighted by Gasteiger charge is -2.31. The zero-order valence-electron chi connectivity index (χ0n) is 11.9. The fourth-order valence-corrected chi connectivity index (χ4v) is 2.01. The first-order valence-corrected chi connectivity index (χ1v) is 6.57. The van der Waals surface area contributed by atoms with Gasteiger partial charge in [-0.05, 0) is 31.0 Å². The van der Waals surface area contributed by atoms with Crippen molar-refractivity contribution >= 4 is 5.69 Å². The molecule has 19 heavy (non-hydrogen) atoms. The molecule has 0 aliphatic carbocycles. The molecule has 0 aliphatic heterocycles. The second-order valence-electron chi connectivity index (χ2n) is 4.56. The molecule has 0 radical (unpaired) electrons. The number of ether oxygens (including phenoxy) is 1. The Balaban J connectivity index is 3.10. The van der Waals surface area contributed by atoms with Gasteiger partial charge in [-0.15, -0.1) is 0 Å². The van der Waals surface area contributed by atoms with E-state index in [4.69, 9.17) is 9.84 Å². The largest absolute Gasteiger partial charge is 0.392 e. The van der Waals surface area contributed by atoms with Gasteiger partial charge >= 0.3 is 0 Å². The van der Waals surface area contributed by atoms with Crippen molar-refractivity contribution in [1.29, 1.82) is 5.26 Å². The van der Waals surface area contributed by atoms with E-state index in [1.165, 1.54) is 0 Å². The first-order valence-electron chi connectivity index (χ1n) is 6.57. The van der Waals surface area contributed by atoms with Crippen molar-refractivity contribution in [3.8, 4) is 6.07 Å². The average Bonchev–Trinajstić information content (AvgIpc) is 2.47. The minimum atomic E-state index is -0.0453. The average molecular weight is 262 g/mol. The highest BCUT2D eigenvalue weighted by Gasteiger charge is 2.16. The number of hydrogen-bond acceptors (Lipinski definition) is 4. The molecule has 1 rings (SSSR count). The van der Waals surface area contributed by atoms with Crippen molar-refractivity contribution in [3.63, 3.8) is 0 Å². The summed E-state index contributed by atoms with van der Waals surface area (Å²) in [4.78, 5) is 2.18. The van der Waals surface area contributed by atoms with E-state index in [0.717, 1.165) is 24.2 Å². The number of aliphatic hydroxyl groups excluding tert-OH is 1. The minimum Gasteiger partial charge on any atom is -0.392 e. The van der Waals surface area contributed by atoms with Crippen LogP contribution in [0.4, 0.5) is 5.69 Å². The molecule has 0 aromatic heterocycles. The molecule has 0 bridgehead atoms. The molecule has 0 aliphatic rings. The third kappa shape index (κ3) is 3.95. The van der Waals surface area contributed by atoms with Crippen molar-refractivity contribution in [2.75, 3.05) is 25.2 Å². The molecule has 1 aromatic rings. The highest BCUT2D eigenvalue weighted by atomic mass is 16.5. The zero-order chi connectivity index (χ0) is 14.3. The molecule has 1 atom stereocenters. The van der Waals surface area contributed by atoms with Gasteiger partial charge in [-0.1, -0.05) is 13.0 Å². The Labute approximate surface area is 115 Å². The standard InChI is InChI=1S/C15H22N2O2/c1-4-12(2)17(7-8-19-3)15-6-5-13(11-18)9-14(15)10-16/h5-6,9,12,18H,4,7-8,11H2,1-3H3. The Bertz CT molecular complexity index is 440. The Hall–Kier alpha value is -1.57.